The van der Waals surface area contributed by atoms with Gasteiger partial charge in [0, 0.05) is 44.1 Å². The fourth-order valence-corrected chi connectivity index (χ4v) is 3.31. The van der Waals surface area contributed by atoms with Gasteiger partial charge in [-0.2, -0.15) is 4.79 Å². The van der Waals surface area contributed by atoms with Gasteiger partial charge in [-0.3, -0.25) is 9.59 Å². The first kappa shape index (κ1) is 24.0. The molecule has 2 aromatic rings. The minimum atomic E-state index is -1.03. The molecule has 1 amide bonds. The molecule has 31 heavy (non-hydrogen) atoms. The van der Waals surface area contributed by atoms with Gasteiger partial charge in [0.25, 0.3) is 0 Å². The molecule has 0 radical (unpaired) electrons. The van der Waals surface area contributed by atoms with Gasteiger partial charge >= 0.3 is 12.2 Å². The highest BCUT2D eigenvalue weighted by atomic mass is 16.5. The number of ether oxygens (including phenoxy) is 2. The summed E-state index contributed by atoms with van der Waals surface area (Å²) in [6, 6.07) is 6.81. The van der Waals surface area contributed by atoms with E-state index in [2.05, 4.69) is 10.1 Å². The quantitative estimate of drug-likeness (QED) is 0.253. The van der Waals surface area contributed by atoms with Gasteiger partial charge in [-0.1, -0.05) is 18.2 Å². The number of nitrogens with one attached hydrogen (secondary N) is 1. The van der Waals surface area contributed by atoms with E-state index in [9.17, 15) is 14.4 Å². The number of ketones is 1. The number of rotatable bonds is 11. The van der Waals surface area contributed by atoms with Gasteiger partial charge in [-0.15, -0.1) is 0 Å². The van der Waals surface area contributed by atoms with E-state index < -0.39 is 29.8 Å². The summed E-state index contributed by atoms with van der Waals surface area (Å²) < 4.78 is 12.6. The number of aryl methyl sites for hydroxylation is 1. The normalized spacial score (nSPS) is 12.8. The lowest BCUT2D eigenvalue weighted by Crippen LogP contribution is -2.48. The van der Waals surface area contributed by atoms with Crippen LogP contribution in [0.1, 0.15) is 32.3 Å². The molecule has 0 aliphatic carbocycles. The van der Waals surface area contributed by atoms with E-state index in [1.807, 2.05) is 42.1 Å². The number of fused-ring (bicyclic) bond motifs is 1. The largest absolute Gasteiger partial charge is 0.461 e. The monoisotopic (exact) mass is 428 g/mol. The van der Waals surface area contributed by atoms with Crippen LogP contribution in [0.3, 0.4) is 0 Å². The second-order valence-corrected chi connectivity index (χ2v) is 7.51. The summed E-state index contributed by atoms with van der Waals surface area (Å²) in [5, 5.41) is 3.66. The third kappa shape index (κ3) is 6.60. The molecule has 1 N–H and O–H groups in total. The molecule has 166 valence electrons. The summed E-state index contributed by atoms with van der Waals surface area (Å²) in [4.78, 5) is 39.6. The average molecular weight is 428 g/mol. The maximum atomic E-state index is 12.9. The predicted molar refractivity (Wildman–Crippen MR) is 115 cm³/mol. The summed E-state index contributed by atoms with van der Waals surface area (Å²) in [5.41, 5.74) is 10.4. The topological polar surface area (TPSA) is 123 Å². The molecule has 9 heteroatoms. The van der Waals surface area contributed by atoms with Crippen LogP contribution < -0.4 is 5.32 Å². The summed E-state index contributed by atoms with van der Waals surface area (Å²) in [6.07, 6.45) is 1.71. The van der Waals surface area contributed by atoms with E-state index >= 15 is 0 Å². The number of amides is 1. The highest BCUT2D eigenvalue weighted by Gasteiger charge is 2.28. The molecule has 0 aliphatic rings. The summed E-state index contributed by atoms with van der Waals surface area (Å²) >= 11 is 0. The first-order valence-electron chi connectivity index (χ1n) is 10.0. The number of Topliss-reactive ketones (excluding diaryl/α,β-unsaturated/α-hetero) is 1. The molecule has 0 aliphatic heterocycles. The smallest absolute Gasteiger partial charge is 0.328 e. The van der Waals surface area contributed by atoms with Crippen LogP contribution in [0, 0.1) is 0 Å². The molecule has 0 saturated carbocycles. The maximum Gasteiger partial charge on any atom is 0.328 e. The van der Waals surface area contributed by atoms with Crippen LogP contribution in [0.25, 0.3) is 16.4 Å². The zero-order valence-corrected chi connectivity index (χ0v) is 18.2. The van der Waals surface area contributed by atoms with Crippen LogP contribution in [-0.4, -0.2) is 58.6 Å². The van der Waals surface area contributed by atoms with Gasteiger partial charge in [-0.05, 0) is 31.9 Å². The van der Waals surface area contributed by atoms with Gasteiger partial charge in [0.2, 0.25) is 11.7 Å². The van der Waals surface area contributed by atoms with Crippen LogP contribution in [0.15, 0.2) is 30.5 Å². The number of hydrogen-bond acceptors (Lipinski definition) is 5. The molecule has 0 fully saturated rings. The number of esters is 1. The molecule has 0 bridgehead atoms. The van der Waals surface area contributed by atoms with Crippen LogP contribution in [0.2, 0.25) is 0 Å². The Hall–Kier alpha value is -3.29. The van der Waals surface area contributed by atoms with Gasteiger partial charge < -0.3 is 24.9 Å². The van der Waals surface area contributed by atoms with Gasteiger partial charge in [0.1, 0.15) is 12.1 Å². The molecular weight excluding hydrogens is 400 g/mol. The Morgan fingerprint density at radius 2 is 1.97 bits per heavy atom. The van der Waals surface area contributed by atoms with Crippen molar-refractivity contribution in [3.8, 4) is 0 Å². The molecule has 1 aromatic heterocycles. The summed E-state index contributed by atoms with van der Waals surface area (Å²) in [6.45, 7) is 3.39. The van der Waals surface area contributed by atoms with E-state index in [1.54, 1.807) is 13.8 Å². The second-order valence-electron chi connectivity index (χ2n) is 7.51. The minimum Gasteiger partial charge on any atom is -0.461 e. The lowest BCUT2D eigenvalue weighted by atomic mass is 10.0. The van der Waals surface area contributed by atoms with Crippen molar-refractivity contribution in [1.82, 2.24) is 9.88 Å². The van der Waals surface area contributed by atoms with E-state index in [1.165, 1.54) is 7.11 Å². The molecular formula is C22H28N4O5. The maximum absolute atomic E-state index is 12.9. The SMILES string of the molecule is CO[C@@H](Cc1cn(C)c2ccccc12)C(=O)N[C@@H](CCC(=O)C=[N+]=[N-])C(=O)OC(C)C. The van der Waals surface area contributed by atoms with E-state index in [0.29, 0.717) is 6.42 Å². The van der Waals surface area contributed by atoms with Crippen molar-refractivity contribution in [2.75, 3.05) is 7.11 Å². The minimum absolute atomic E-state index is 0.00679. The molecule has 0 saturated heterocycles. The van der Waals surface area contributed by atoms with Crippen LogP contribution >= 0.6 is 0 Å². The number of carbonyl (C=O) groups excluding carboxylic acids is 3. The van der Waals surface area contributed by atoms with Gasteiger partial charge in [0.05, 0.1) is 6.10 Å². The number of para-hydroxylation sites is 1. The second kappa shape index (κ2) is 11.2. The summed E-state index contributed by atoms with van der Waals surface area (Å²) in [7, 11) is 3.36. The van der Waals surface area contributed by atoms with Crippen molar-refractivity contribution in [3.63, 3.8) is 0 Å². The van der Waals surface area contributed by atoms with Crippen LogP contribution in [0.4, 0.5) is 0 Å². The Bertz CT molecular complexity index is 991. The number of benzene rings is 1. The third-order valence-corrected chi connectivity index (χ3v) is 4.80. The highest BCUT2D eigenvalue weighted by Crippen LogP contribution is 2.22. The van der Waals surface area contributed by atoms with Crippen LogP contribution in [0.5, 0.6) is 0 Å². The lowest BCUT2D eigenvalue weighted by molar-refractivity contribution is -0.152. The van der Waals surface area contributed by atoms with Crippen molar-refractivity contribution >= 4 is 34.8 Å². The molecule has 0 unspecified atom stereocenters. The number of carbonyl (C=O) groups is 3. The lowest BCUT2D eigenvalue weighted by Gasteiger charge is -2.21. The van der Waals surface area contributed by atoms with Crippen molar-refractivity contribution in [3.05, 3.63) is 41.6 Å². The third-order valence-electron chi connectivity index (χ3n) is 4.80. The zero-order chi connectivity index (χ0) is 23.0. The Labute approximate surface area is 180 Å². The van der Waals surface area contributed by atoms with Crippen molar-refractivity contribution < 1.29 is 28.6 Å². The molecule has 0 spiro atoms. The Balaban J connectivity index is 2.15. The van der Waals surface area contributed by atoms with Gasteiger partial charge in [-0.25, -0.2) is 4.79 Å². The van der Waals surface area contributed by atoms with Crippen molar-refractivity contribution in [2.45, 2.75) is 51.4 Å². The first-order chi connectivity index (χ1) is 14.8. The average Bonchev–Trinajstić information content (AvgIpc) is 3.04. The fraction of sp³-hybridized carbons (Fsp3) is 0.455. The van der Waals surface area contributed by atoms with Crippen LogP contribution in [-0.2, 0) is 37.3 Å². The Morgan fingerprint density at radius 1 is 1.26 bits per heavy atom. The highest BCUT2D eigenvalue weighted by molar-refractivity contribution is 6.25. The molecule has 9 nitrogen and oxygen atoms in total. The molecule has 2 atom stereocenters. The van der Waals surface area contributed by atoms with E-state index in [4.69, 9.17) is 15.0 Å². The van der Waals surface area contributed by atoms with Crippen molar-refractivity contribution in [1.29, 1.82) is 0 Å². The number of aromatic nitrogens is 1. The number of methoxy groups -OCH3 is 1. The molecule has 1 heterocycles. The standard InChI is InChI=1S/C22H28N4O5/c1-14(2)31-22(29)18(10-9-16(27)12-24-23)25-21(28)20(30-4)11-15-13-26(3)19-8-6-5-7-17(15)19/h5-8,12-14,18,20H,9-11H2,1-4H3,(H,25,28)/t18-,20-/m0/s1. The first-order valence-corrected chi connectivity index (χ1v) is 10.0. The Kier molecular flexibility index (Phi) is 8.66. The van der Waals surface area contributed by atoms with Crippen molar-refractivity contribution in [2.24, 2.45) is 7.05 Å². The molecule has 2 rings (SSSR count). The number of nitrogens with zero attached hydrogens (tertiary/aromatic N) is 3. The van der Waals surface area contributed by atoms with Gasteiger partial charge in [0.15, 0.2) is 0 Å². The Morgan fingerprint density at radius 3 is 2.61 bits per heavy atom. The van der Waals surface area contributed by atoms with E-state index in [0.717, 1.165) is 22.7 Å². The summed E-state index contributed by atoms with van der Waals surface area (Å²) in [5.74, 6) is -1.60. The van der Waals surface area contributed by atoms with E-state index in [-0.39, 0.29) is 18.9 Å². The number of hydrogen-bond donors (Lipinski definition) is 1. The fourth-order valence-electron chi connectivity index (χ4n) is 3.31. The zero-order valence-electron chi connectivity index (χ0n) is 18.2. The molecule has 1 aromatic carbocycles. The predicted octanol–water partition coefficient (Wildman–Crippen LogP) is 1.82.